The molecular formula is C12H16BNO6. The topological polar surface area (TPSA) is 98.0 Å². The second kappa shape index (κ2) is 4.36. The van der Waals surface area contributed by atoms with Gasteiger partial charge in [-0.3, -0.25) is 4.57 Å². The fraction of sp³-hybridized carbons (Fsp3) is 0.500. The van der Waals surface area contributed by atoms with E-state index in [0.717, 1.165) is 10.8 Å². The molecule has 1 aromatic rings. The van der Waals surface area contributed by atoms with Crippen molar-refractivity contribution >= 4 is 24.8 Å². The first-order valence-corrected chi connectivity index (χ1v) is 6.10. The number of carbonyl (C=O) groups is 2. The first kappa shape index (κ1) is 14.6. The Kier molecular flexibility index (Phi) is 3.18. The molecule has 0 unspecified atom stereocenters. The van der Waals surface area contributed by atoms with Gasteiger partial charge < -0.3 is 19.5 Å². The number of hydrogen-bond acceptors (Lipinski definition) is 4. The van der Waals surface area contributed by atoms with Crippen LogP contribution < -0.4 is 5.59 Å². The average molecular weight is 281 g/mol. The van der Waals surface area contributed by atoms with Crippen molar-refractivity contribution in [2.75, 3.05) is 0 Å². The van der Waals surface area contributed by atoms with Gasteiger partial charge in [0.05, 0.1) is 22.4 Å². The van der Waals surface area contributed by atoms with E-state index in [1.54, 1.807) is 0 Å². The van der Waals surface area contributed by atoms with Crippen LogP contribution in [0.4, 0.5) is 4.79 Å². The second-order valence-corrected chi connectivity index (χ2v) is 5.70. The number of carboxylic acids is 1. The molecule has 0 aliphatic carbocycles. The summed E-state index contributed by atoms with van der Waals surface area (Å²) in [7, 11) is -0.927. The molecule has 2 rings (SSSR count). The Labute approximate surface area is 116 Å². The Morgan fingerprint density at radius 3 is 2.05 bits per heavy atom. The Hall–Kier alpha value is -1.80. The third-order valence-electron chi connectivity index (χ3n) is 3.80. The highest BCUT2D eigenvalue weighted by molar-refractivity contribution is 6.61. The van der Waals surface area contributed by atoms with Gasteiger partial charge >= 0.3 is 19.2 Å². The molecule has 108 valence electrons. The van der Waals surface area contributed by atoms with Crippen LogP contribution in [-0.4, -0.2) is 45.2 Å². The highest BCUT2D eigenvalue weighted by atomic mass is 16.7. The van der Waals surface area contributed by atoms with E-state index in [1.165, 1.54) is 6.07 Å². The molecule has 7 nitrogen and oxygen atoms in total. The minimum absolute atomic E-state index is 0.128. The van der Waals surface area contributed by atoms with Gasteiger partial charge in [-0.25, -0.2) is 9.59 Å². The molecule has 8 heteroatoms. The van der Waals surface area contributed by atoms with Gasteiger partial charge in [0.1, 0.15) is 0 Å². The predicted octanol–water partition coefficient (Wildman–Crippen LogP) is 1.01. The monoisotopic (exact) mass is 281 g/mol. The maximum absolute atomic E-state index is 11.2. The largest absolute Gasteiger partial charge is 0.513 e. The molecule has 2 heterocycles. The zero-order valence-electron chi connectivity index (χ0n) is 11.7. The van der Waals surface area contributed by atoms with Gasteiger partial charge in [-0.1, -0.05) is 0 Å². The normalized spacial score (nSPS) is 20.1. The summed E-state index contributed by atoms with van der Waals surface area (Å²) in [5, 5.41) is 18.1. The minimum Gasteiger partial charge on any atom is -0.478 e. The van der Waals surface area contributed by atoms with Gasteiger partial charge in [-0.15, -0.1) is 0 Å². The summed E-state index contributed by atoms with van der Waals surface area (Å²) >= 11 is 0. The number of hydrogen-bond donors (Lipinski definition) is 2. The molecule has 0 saturated carbocycles. The lowest BCUT2D eigenvalue weighted by Crippen LogP contribution is -2.41. The van der Waals surface area contributed by atoms with Crippen LogP contribution in [0.3, 0.4) is 0 Å². The molecule has 1 aromatic heterocycles. The molecule has 1 saturated heterocycles. The molecule has 1 aliphatic rings. The first-order valence-electron chi connectivity index (χ1n) is 6.10. The zero-order valence-corrected chi connectivity index (χ0v) is 11.7. The van der Waals surface area contributed by atoms with E-state index in [4.69, 9.17) is 19.5 Å². The molecule has 0 bridgehead atoms. The van der Waals surface area contributed by atoms with Crippen molar-refractivity contribution in [2.45, 2.75) is 38.9 Å². The smallest absolute Gasteiger partial charge is 0.478 e. The van der Waals surface area contributed by atoms with E-state index >= 15 is 0 Å². The Bertz CT molecular complexity index is 561. The highest BCUT2D eigenvalue weighted by Crippen LogP contribution is 2.36. The Morgan fingerprint density at radius 2 is 1.65 bits per heavy atom. The highest BCUT2D eigenvalue weighted by Gasteiger charge is 2.53. The number of aromatic carboxylic acids is 1. The summed E-state index contributed by atoms with van der Waals surface area (Å²) in [6.07, 6.45) is -0.257. The number of rotatable bonds is 2. The fourth-order valence-electron chi connectivity index (χ4n) is 1.91. The summed E-state index contributed by atoms with van der Waals surface area (Å²) < 4.78 is 12.3. The number of carboxylic acid groups (broad SMARTS) is 2. The van der Waals surface area contributed by atoms with Crippen LogP contribution in [0.25, 0.3) is 0 Å². The van der Waals surface area contributed by atoms with Crippen LogP contribution >= 0.6 is 0 Å². The van der Waals surface area contributed by atoms with Crippen molar-refractivity contribution in [3.8, 4) is 0 Å². The average Bonchev–Trinajstić information content (AvgIpc) is 2.79. The lowest BCUT2D eigenvalue weighted by atomic mass is 9.84. The van der Waals surface area contributed by atoms with E-state index in [2.05, 4.69) is 0 Å². The number of nitrogens with zero attached hydrogens (tertiary/aromatic N) is 1. The van der Waals surface area contributed by atoms with E-state index in [0.29, 0.717) is 0 Å². The Balaban J connectivity index is 2.44. The fourth-order valence-corrected chi connectivity index (χ4v) is 1.91. The summed E-state index contributed by atoms with van der Waals surface area (Å²) in [5.41, 5.74) is -1.24. The minimum atomic E-state index is -1.29. The summed E-state index contributed by atoms with van der Waals surface area (Å²) in [6, 6.07) is 1.25. The molecule has 1 fully saturated rings. The molecular weight excluding hydrogens is 265 g/mol. The summed E-state index contributed by atoms with van der Waals surface area (Å²) in [5.74, 6) is -1.21. The predicted molar refractivity (Wildman–Crippen MR) is 70.5 cm³/mol. The second-order valence-electron chi connectivity index (χ2n) is 5.70. The van der Waals surface area contributed by atoms with Crippen LogP contribution in [0.2, 0.25) is 0 Å². The maximum atomic E-state index is 11.2. The third-order valence-corrected chi connectivity index (χ3v) is 3.80. The van der Waals surface area contributed by atoms with Crippen molar-refractivity contribution in [3.05, 3.63) is 17.8 Å². The number of aromatic nitrogens is 1. The van der Waals surface area contributed by atoms with E-state index in [9.17, 15) is 9.59 Å². The standard InChI is InChI=1S/C12H16BNO6/c1-11(2)12(3,4)20-13(19-11)8-5-7(9(15)16)6-14(8)10(17)18/h5-6H,1-4H3,(H,15,16)(H,17,18). The van der Waals surface area contributed by atoms with Gasteiger partial charge in [0.2, 0.25) is 0 Å². The SMILES string of the molecule is CC1(C)OB(c2cc(C(=O)O)cn2C(=O)O)OC1(C)C. The lowest BCUT2D eigenvalue weighted by Gasteiger charge is -2.32. The van der Waals surface area contributed by atoms with E-state index < -0.39 is 30.4 Å². The molecule has 0 amide bonds. The zero-order chi connectivity index (χ0) is 15.3. The van der Waals surface area contributed by atoms with Crippen molar-refractivity contribution in [1.82, 2.24) is 4.57 Å². The molecule has 1 aliphatic heterocycles. The molecule has 0 atom stereocenters. The van der Waals surface area contributed by atoms with Crippen LogP contribution in [-0.2, 0) is 9.31 Å². The Morgan fingerprint density at radius 1 is 1.15 bits per heavy atom. The van der Waals surface area contributed by atoms with Crippen molar-refractivity contribution in [1.29, 1.82) is 0 Å². The van der Waals surface area contributed by atoms with Crippen LogP contribution in [0.1, 0.15) is 38.1 Å². The van der Waals surface area contributed by atoms with Gasteiger partial charge in [0.25, 0.3) is 0 Å². The first-order chi connectivity index (χ1) is 9.05. The van der Waals surface area contributed by atoms with E-state index in [1.807, 2.05) is 27.7 Å². The van der Waals surface area contributed by atoms with Gasteiger partial charge in [-0.05, 0) is 33.8 Å². The van der Waals surface area contributed by atoms with Crippen LogP contribution in [0, 0.1) is 0 Å². The van der Waals surface area contributed by atoms with Crippen molar-refractivity contribution in [3.63, 3.8) is 0 Å². The van der Waals surface area contributed by atoms with Gasteiger partial charge in [0.15, 0.2) is 0 Å². The van der Waals surface area contributed by atoms with E-state index in [-0.39, 0.29) is 11.2 Å². The molecule has 0 spiro atoms. The van der Waals surface area contributed by atoms with Crippen molar-refractivity contribution < 1.29 is 29.1 Å². The van der Waals surface area contributed by atoms with Gasteiger partial charge in [0, 0.05) is 6.20 Å². The quantitative estimate of drug-likeness (QED) is 0.785. The maximum Gasteiger partial charge on any atom is 0.513 e. The summed E-state index contributed by atoms with van der Waals surface area (Å²) in [6.45, 7) is 7.33. The third kappa shape index (κ3) is 2.21. The molecule has 0 radical (unpaired) electrons. The van der Waals surface area contributed by atoms with Gasteiger partial charge in [-0.2, -0.15) is 0 Å². The van der Waals surface area contributed by atoms with Crippen LogP contribution in [0.5, 0.6) is 0 Å². The molecule has 20 heavy (non-hydrogen) atoms. The summed E-state index contributed by atoms with van der Waals surface area (Å²) in [4.78, 5) is 22.2. The van der Waals surface area contributed by atoms with Crippen molar-refractivity contribution in [2.24, 2.45) is 0 Å². The van der Waals surface area contributed by atoms with Crippen LogP contribution in [0.15, 0.2) is 12.3 Å². The molecule has 2 N–H and O–H groups in total. The lowest BCUT2D eigenvalue weighted by molar-refractivity contribution is 0.00578. The molecule has 0 aromatic carbocycles.